The van der Waals surface area contributed by atoms with E-state index < -0.39 is 10.0 Å². The van der Waals surface area contributed by atoms with Gasteiger partial charge >= 0.3 is 0 Å². The monoisotopic (exact) mass is 388 g/mol. The van der Waals surface area contributed by atoms with Crippen LogP contribution in [-0.2, 0) is 10.0 Å². The summed E-state index contributed by atoms with van der Waals surface area (Å²) in [6, 6.07) is 15.5. The van der Waals surface area contributed by atoms with E-state index >= 15 is 0 Å². The van der Waals surface area contributed by atoms with Crippen LogP contribution in [0.2, 0.25) is 0 Å². The molecule has 0 unspecified atom stereocenters. The summed E-state index contributed by atoms with van der Waals surface area (Å²) in [5.74, 6) is -0.130. The molecule has 2 aromatic rings. The number of carbonyl (C=O) groups excluding carboxylic acids is 1. The highest BCUT2D eigenvalue weighted by Gasteiger charge is 2.26. The Kier molecular flexibility index (Phi) is 6.92. The number of nitrogens with one attached hydrogen (secondary N) is 1. The van der Waals surface area contributed by atoms with Gasteiger partial charge in [-0.05, 0) is 38.7 Å². The Morgan fingerprint density at radius 1 is 0.926 bits per heavy atom. The van der Waals surface area contributed by atoms with Crippen LogP contribution in [0.3, 0.4) is 0 Å². The van der Waals surface area contributed by atoms with Crippen LogP contribution < -0.4 is 4.72 Å². The van der Waals surface area contributed by atoms with E-state index in [0.717, 1.165) is 5.56 Å². The van der Waals surface area contributed by atoms with E-state index in [9.17, 15) is 13.2 Å². The highest BCUT2D eigenvalue weighted by molar-refractivity contribution is 7.89. The molecule has 6 heteroatoms. The second kappa shape index (κ2) is 8.78. The molecule has 0 heterocycles. The van der Waals surface area contributed by atoms with Gasteiger partial charge in [0.25, 0.3) is 0 Å². The third-order valence-corrected chi connectivity index (χ3v) is 6.06. The summed E-state index contributed by atoms with van der Waals surface area (Å²) in [6.45, 7) is 5.49. The van der Waals surface area contributed by atoms with Crippen molar-refractivity contribution < 1.29 is 13.2 Å². The number of hydrogen-bond acceptors (Lipinski definition) is 4. The summed E-state index contributed by atoms with van der Waals surface area (Å²) in [5.41, 5.74) is 1.56. The third kappa shape index (κ3) is 5.25. The van der Waals surface area contributed by atoms with Gasteiger partial charge in [-0.2, -0.15) is 0 Å². The van der Waals surface area contributed by atoms with Gasteiger partial charge in [-0.1, -0.05) is 56.3 Å². The Hall–Kier alpha value is -2.02. The Morgan fingerprint density at radius 3 is 1.96 bits per heavy atom. The topological polar surface area (TPSA) is 66.5 Å². The van der Waals surface area contributed by atoms with Gasteiger partial charge < -0.3 is 4.90 Å². The average Bonchev–Trinajstić information content (AvgIpc) is 2.61. The molecule has 0 saturated heterocycles. The van der Waals surface area contributed by atoms with Crippen LogP contribution in [0, 0.1) is 5.92 Å². The van der Waals surface area contributed by atoms with Gasteiger partial charge in [0.15, 0.2) is 5.78 Å². The zero-order valence-corrected chi connectivity index (χ0v) is 17.3. The molecule has 0 aliphatic rings. The lowest BCUT2D eigenvalue weighted by atomic mass is 10.0. The number of likely N-dealkylation sites (N-methyl/N-ethyl adjacent to an activating group) is 1. The maximum absolute atomic E-state index is 12.8. The average molecular weight is 389 g/mol. The van der Waals surface area contributed by atoms with E-state index in [4.69, 9.17) is 0 Å². The molecule has 0 spiro atoms. The molecule has 27 heavy (non-hydrogen) atoms. The maximum atomic E-state index is 12.8. The Bertz CT molecular complexity index is 860. The number of hydrogen-bond donors (Lipinski definition) is 1. The molecule has 0 saturated carbocycles. The molecule has 2 aromatic carbocycles. The van der Waals surface area contributed by atoms with E-state index in [0.29, 0.717) is 5.56 Å². The lowest BCUT2D eigenvalue weighted by Crippen LogP contribution is -2.42. The molecular formula is C21H28N2O3S. The molecule has 0 aliphatic heterocycles. The molecule has 0 amide bonds. The molecule has 5 nitrogen and oxygen atoms in total. The van der Waals surface area contributed by atoms with Crippen molar-refractivity contribution in [2.45, 2.75) is 37.8 Å². The minimum absolute atomic E-state index is 0.00275. The predicted molar refractivity (Wildman–Crippen MR) is 108 cm³/mol. The van der Waals surface area contributed by atoms with Gasteiger partial charge in [0, 0.05) is 17.5 Å². The first-order valence-electron chi connectivity index (χ1n) is 9.01. The summed E-state index contributed by atoms with van der Waals surface area (Å²) in [6.07, 6.45) is 0. The fourth-order valence-electron chi connectivity index (χ4n) is 3.19. The second-order valence-electron chi connectivity index (χ2n) is 7.27. The van der Waals surface area contributed by atoms with Crippen LogP contribution in [0.4, 0.5) is 0 Å². The molecule has 146 valence electrons. The fraction of sp³-hybridized carbons (Fsp3) is 0.381. The normalized spacial score (nSPS) is 14.3. The zero-order valence-electron chi connectivity index (χ0n) is 16.5. The first kappa shape index (κ1) is 21.3. The van der Waals surface area contributed by atoms with E-state index in [-0.39, 0.29) is 28.7 Å². The molecule has 0 radical (unpaired) electrons. The lowest BCUT2D eigenvalue weighted by molar-refractivity contribution is 0.0939. The van der Waals surface area contributed by atoms with Crippen molar-refractivity contribution in [3.05, 3.63) is 65.7 Å². The van der Waals surface area contributed by atoms with Crippen molar-refractivity contribution in [1.29, 1.82) is 0 Å². The van der Waals surface area contributed by atoms with Gasteiger partial charge in [0.2, 0.25) is 10.0 Å². The highest BCUT2D eigenvalue weighted by Crippen LogP contribution is 2.23. The van der Waals surface area contributed by atoms with Crippen LogP contribution in [-0.4, -0.2) is 39.2 Å². The Morgan fingerprint density at radius 2 is 1.48 bits per heavy atom. The van der Waals surface area contributed by atoms with E-state index in [1.165, 1.54) is 12.1 Å². The lowest BCUT2D eigenvalue weighted by Gasteiger charge is -2.31. The smallest absolute Gasteiger partial charge is 0.240 e. The van der Waals surface area contributed by atoms with Gasteiger partial charge in [0.1, 0.15) is 0 Å². The summed E-state index contributed by atoms with van der Waals surface area (Å²) in [4.78, 5) is 14.2. The number of ketones is 1. The predicted octanol–water partition coefficient (Wildman–Crippen LogP) is 3.50. The zero-order chi connectivity index (χ0) is 20.2. The van der Waals surface area contributed by atoms with E-state index in [1.54, 1.807) is 12.1 Å². The first-order chi connectivity index (χ1) is 12.6. The van der Waals surface area contributed by atoms with Crippen LogP contribution >= 0.6 is 0 Å². The fourth-order valence-corrected chi connectivity index (χ4v) is 4.44. The molecule has 0 aliphatic carbocycles. The Labute approximate surface area is 162 Å². The minimum atomic E-state index is -3.70. The number of nitrogens with zero attached hydrogens (tertiary/aromatic N) is 1. The number of Topliss-reactive ketones (excluding diaryl/α,β-unsaturated/α-hetero) is 1. The third-order valence-electron chi connectivity index (χ3n) is 4.49. The molecule has 2 atom stereocenters. The molecule has 2 rings (SSSR count). The second-order valence-corrected chi connectivity index (χ2v) is 8.99. The number of rotatable bonds is 8. The van der Waals surface area contributed by atoms with Gasteiger partial charge in [0.05, 0.1) is 10.9 Å². The van der Waals surface area contributed by atoms with Crippen molar-refractivity contribution >= 4 is 15.8 Å². The minimum Gasteiger partial charge on any atom is -0.301 e. The van der Waals surface area contributed by atoms with Gasteiger partial charge in [-0.15, -0.1) is 0 Å². The van der Waals surface area contributed by atoms with Crippen molar-refractivity contribution in [2.75, 3.05) is 14.1 Å². The molecule has 0 fully saturated rings. The van der Waals surface area contributed by atoms with Crippen LogP contribution in [0.5, 0.6) is 0 Å². The number of benzene rings is 2. The van der Waals surface area contributed by atoms with Crippen LogP contribution in [0.15, 0.2) is 59.5 Å². The summed E-state index contributed by atoms with van der Waals surface area (Å²) < 4.78 is 28.4. The molecule has 0 bridgehead atoms. The summed E-state index contributed by atoms with van der Waals surface area (Å²) >= 11 is 0. The number of sulfonamides is 1. The van der Waals surface area contributed by atoms with Crippen molar-refractivity contribution in [1.82, 2.24) is 9.62 Å². The van der Waals surface area contributed by atoms with Crippen molar-refractivity contribution in [2.24, 2.45) is 5.92 Å². The highest BCUT2D eigenvalue weighted by atomic mass is 32.2. The quantitative estimate of drug-likeness (QED) is 0.703. The van der Waals surface area contributed by atoms with E-state index in [1.807, 2.05) is 70.1 Å². The standard InChI is InChI=1S/C21H28N2O3S/c1-15(2)21(24)18-11-13-19(14-12-18)27(25,26)22-16(3)20(23(4)5)17-9-7-6-8-10-17/h6-16,20,22H,1-5H3/t16-,20-/m0/s1. The van der Waals surface area contributed by atoms with Gasteiger partial charge in [-0.25, -0.2) is 13.1 Å². The largest absolute Gasteiger partial charge is 0.301 e. The van der Waals surface area contributed by atoms with E-state index in [2.05, 4.69) is 4.72 Å². The summed E-state index contributed by atoms with van der Waals surface area (Å²) in [7, 11) is 0.154. The molecule has 0 aromatic heterocycles. The van der Waals surface area contributed by atoms with Crippen LogP contribution in [0.25, 0.3) is 0 Å². The van der Waals surface area contributed by atoms with Crippen molar-refractivity contribution in [3.63, 3.8) is 0 Å². The van der Waals surface area contributed by atoms with Crippen LogP contribution in [0.1, 0.15) is 42.7 Å². The molecular weight excluding hydrogens is 360 g/mol. The summed E-state index contributed by atoms with van der Waals surface area (Å²) in [5, 5.41) is 0. The molecule has 1 N–H and O–H groups in total. The van der Waals surface area contributed by atoms with Crippen molar-refractivity contribution in [3.8, 4) is 0 Å². The Balaban J connectivity index is 2.22. The SMILES string of the molecule is CC(C)C(=O)c1ccc(S(=O)(=O)N[C@@H](C)[C@@H](c2ccccc2)N(C)C)cc1. The first-order valence-corrected chi connectivity index (χ1v) is 10.5. The maximum Gasteiger partial charge on any atom is 0.240 e. The van der Waals surface area contributed by atoms with Gasteiger partial charge in [-0.3, -0.25) is 4.79 Å². The number of carbonyl (C=O) groups is 1.